The van der Waals surface area contributed by atoms with Crippen molar-refractivity contribution in [1.29, 1.82) is 0 Å². The molecule has 1 unspecified atom stereocenters. The van der Waals surface area contributed by atoms with Crippen molar-refractivity contribution in [2.24, 2.45) is 5.92 Å². The first-order valence-corrected chi connectivity index (χ1v) is 11.5. The SMILES string of the molecule is CCOC(OC)O[C@H]([C@H](CC1CCCCC1)NC(=O)OC(C)(C)C)[C@@H]1CN(OC)C(=O)O1. The van der Waals surface area contributed by atoms with Gasteiger partial charge in [-0.1, -0.05) is 32.1 Å². The molecule has 1 N–H and O–H groups in total. The smallest absolute Gasteiger partial charge is 0.434 e. The molecular formula is C22H40N2O8. The third-order valence-corrected chi connectivity index (χ3v) is 5.56. The summed E-state index contributed by atoms with van der Waals surface area (Å²) in [5, 5.41) is 4.09. The number of alkyl carbamates (subject to hydrolysis) is 1. The number of nitrogens with one attached hydrogen (secondary N) is 1. The van der Waals surface area contributed by atoms with Crippen LogP contribution in [0.5, 0.6) is 0 Å². The van der Waals surface area contributed by atoms with E-state index in [1.807, 2.05) is 27.7 Å². The number of methoxy groups -OCH3 is 1. The third kappa shape index (κ3) is 8.38. The van der Waals surface area contributed by atoms with Crippen molar-refractivity contribution in [3.8, 4) is 0 Å². The topological polar surface area (TPSA) is 105 Å². The number of hydrogen-bond donors (Lipinski definition) is 1. The molecule has 10 heteroatoms. The Morgan fingerprint density at radius 3 is 2.44 bits per heavy atom. The second kappa shape index (κ2) is 12.6. The van der Waals surface area contributed by atoms with Crippen LogP contribution in [0, 0.1) is 5.92 Å². The summed E-state index contributed by atoms with van der Waals surface area (Å²) in [6.45, 7) is 6.79. The van der Waals surface area contributed by atoms with E-state index in [-0.39, 0.29) is 6.54 Å². The molecule has 0 bridgehead atoms. The van der Waals surface area contributed by atoms with Crippen molar-refractivity contribution >= 4 is 12.2 Å². The first-order chi connectivity index (χ1) is 15.2. The van der Waals surface area contributed by atoms with E-state index in [9.17, 15) is 9.59 Å². The number of hydroxylamine groups is 2. The molecule has 0 aromatic carbocycles. The van der Waals surface area contributed by atoms with E-state index in [1.165, 1.54) is 20.6 Å². The van der Waals surface area contributed by atoms with Gasteiger partial charge in [-0.2, -0.15) is 5.06 Å². The average molecular weight is 461 g/mol. The summed E-state index contributed by atoms with van der Waals surface area (Å²) in [5.74, 6) is 0.415. The minimum atomic E-state index is -0.977. The first-order valence-electron chi connectivity index (χ1n) is 11.5. The quantitative estimate of drug-likeness (QED) is 0.467. The van der Waals surface area contributed by atoms with Crippen LogP contribution in [0.3, 0.4) is 0 Å². The normalized spacial score (nSPS) is 22.9. The molecule has 0 radical (unpaired) electrons. The van der Waals surface area contributed by atoms with Crippen LogP contribution < -0.4 is 5.32 Å². The number of cyclic esters (lactones) is 1. The lowest BCUT2D eigenvalue weighted by Crippen LogP contribution is -2.54. The fourth-order valence-electron chi connectivity index (χ4n) is 4.17. The van der Waals surface area contributed by atoms with Crippen LogP contribution in [0.2, 0.25) is 0 Å². The molecule has 0 spiro atoms. The van der Waals surface area contributed by atoms with Gasteiger partial charge in [-0.15, -0.1) is 0 Å². The predicted molar refractivity (Wildman–Crippen MR) is 116 cm³/mol. The van der Waals surface area contributed by atoms with Gasteiger partial charge in [0.2, 0.25) is 0 Å². The molecule has 1 saturated heterocycles. The Balaban J connectivity index is 2.27. The fourth-order valence-corrected chi connectivity index (χ4v) is 4.17. The van der Waals surface area contributed by atoms with Gasteiger partial charge >= 0.3 is 12.2 Å². The van der Waals surface area contributed by atoms with Crippen LogP contribution in [-0.2, 0) is 28.5 Å². The molecule has 1 heterocycles. The minimum Gasteiger partial charge on any atom is -0.444 e. The Labute approximate surface area is 191 Å². The molecule has 1 aliphatic heterocycles. The number of hydrogen-bond acceptors (Lipinski definition) is 8. The van der Waals surface area contributed by atoms with Gasteiger partial charge in [-0.25, -0.2) is 9.59 Å². The van der Waals surface area contributed by atoms with E-state index in [2.05, 4.69) is 5.32 Å². The van der Waals surface area contributed by atoms with Gasteiger partial charge < -0.3 is 29.0 Å². The number of rotatable bonds is 11. The predicted octanol–water partition coefficient (Wildman–Crippen LogP) is 3.58. The Kier molecular flexibility index (Phi) is 10.5. The van der Waals surface area contributed by atoms with Crippen molar-refractivity contribution in [2.45, 2.75) is 96.5 Å². The van der Waals surface area contributed by atoms with Gasteiger partial charge in [0.1, 0.15) is 11.7 Å². The molecule has 1 saturated carbocycles. The van der Waals surface area contributed by atoms with E-state index in [1.54, 1.807) is 0 Å². The number of carbonyl (C=O) groups excluding carboxylic acids is 2. The molecule has 10 nitrogen and oxygen atoms in total. The van der Waals surface area contributed by atoms with Crippen molar-refractivity contribution < 1.29 is 38.1 Å². The molecule has 2 rings (SSSR count). The van der Waals surface area contributed by atoms with E-state index >= 15 is 0 Å². The zero-order chi connectivity index (χ0) is 23.7. The maximum Gasteiger partial charge on any atom is 0.434 e. The van der Waals surface area contributed by atoms with Crippen molar-refractivity contribution in [2.75, 3.05) is 27.4 Å². The van der Waals surface area contributed by atoms with Gasteiger partial charge in [-0.3, -0.25) is 4.84 Å². The van der Waals surface area contributed by atoms with Crippen molar-refractivity contribution in [3.63, 3.8) is 0 Å². The Bertz CT molecular complexity index is 591. The van der Waals surface area contributed by atoms with Gasteiger partial charge in [0.25, 0.3) is 6.48 Å². The van der Waals surface area contributed by atoms with E-state index < -0.39 is 42.5 Å². The second-order valence-corrected chi connectivity index (χ2v) is 9.24. The summed E-state index contributed by atoms with van der Waals surface area (Å²) < 4.78 is 28.0. The minimum absolute atomic E-state index is 0.153. The molecule has 186 valence electrons. The highest BCUT2D eigenvalue weighted by Gasteiger charge is 2.44. The fraction of sp³-hybridized carbons (Fsp3) is 0.909. The number of carbonyl (C=O) groups is 2. The summed E-state index contributed by atoms with van der Waals surface area (Å²) in [6, 6.07) is -0.485. The van der Waals surface area contributed by atoms with Gasteiger partial charge in [0.05, 0.1) is 19.7 Å². The van der Waals surface area contributed by atoms with Crippen molar-refractivity contribution in [3.05, 3.63) is 0 Å². The summed E-state index contributed by atoms with van der Waals surface area (Å²) >= 11 is 0. The maximum atomic E-state index is 12.7. The Hall–Kier alpha value is -1.62. The highest BCUT2D eigenvalue weighted by Crippen LogP contribution is 2.31. The Morgan fingerprint density at radius 2 is 1.91 bits per heavy atom. The standard InChI is InChI=1S/C22H40N2O8/c1-7-29-21(27-5)31-18(17-14-24(28-6)20(26)30-17)16(13-15-11-9-8-10-12-15)23-19(25)32-22(2,3)4/h15-18,21H,7-14H2,1-6H3,(H,23,25)/t16-,17-,18+,21?/m0/s1. The number of amides is 2. The zero-order valence-electron chi connectivity index (χ0n) is 20.3. The molecule has 4 atom stereocenters. The van der Waals surface area contributed by atoms with Crippen LogP contribution in [-0.4, -0.2) is 74.9 Å². The number of ether oxygens (including phenoxy) is 5. The van der Waals surface area contributed by atoms with E-state index in [0.29, 0.717) is 18.9 Å². The van der Waals surface area contributed by atoms with E-state index in [0.717, 1.165) is 30.7 Å². The van der Waals surface area contributed by atoms with Crippen LogP contribution in [0.25, 0.3) is 0 Å². The lowest BCUT2D eigenvalue weighted by molar-refractivity contribution is -0.304. The molecule has 0 aromatic heterocycles. The van der Waals surface area contributed by atoms with E-state index in [4.69, 9.17) is 28.5 Å². The Morgan fingerprint density at radius 1 is 1.22 bits per heavy atom. The second-order valence-electron chi connectivity index (χ2n) is 9.24. The molecule has 1 aliphatic carbocycles. The van der Waals surface area contributed by atoms with Crippen LogP contribution >= 0.6 is 0 Å². The van der Waals surface area contributed by atoms with Crippen molar-refractivity contribution in [1.82, 2.24) is 10.4 Å². The largest absolute Gasteiger partial charge is 0.444 e. The zero-order valence-corrected chi connectivity index (χ0v) is 20.3. The number of nitrogens with zero attached hydrogens (tertiary/aromatic N) is 1. The van der Waals surface area contributed by atoms with Crippen LogP contribution in [0.1, 0.15) is 66.2 Å². The maximum absolute atomic E-state index is 12.7. The molecule has 0 aromatic rings. The summed E-state index contributed by atoms with van der Waals surface area (Å²) in [6.07, 6.45) is 3.77. The molecule has 32 heavy (non-hydrogen) atoms. The first kappa shape index (κ1) is 26.6. The molecule has 2 aliphatic rings. The molecular weight excluding hydrogens is 420 g/mol. The molecule has 2 amide bonds. The van der Waals surface area contributed by atoms with Gasteiger partial charge in [-0.05, 0) is 40.0 Å². The average Bonchev–Trinajstić information content (AvgIpc) is 3.10. The van der Waals surface area contributed by atoms with Gasteiger partial charge in [0.15, 0.2) is 6.10 Å². The van der Waals surface area contributed by atoms with Crippen LogP contribution in [0.15, 0.2) is 0 Å². The van der Waals surface area contributed by atoms with Crippen LogP contribution in [0.4, 0.5) is 9.59 Å². The highest BCUT2D eigenvalue weighted by atomic mass is 16.8. The summed E-state index contributed by atoms with van der Waals surface area (Å²) in [5.41, 5.74) is -0.650. The summed E-state index contributed by atoms with van der Waals surface area (Å²) in [4.78, 5) is 30.0. The molecule has 2 fully saturated rings. The monoisotopic (exact) mass is 460 g/mol. The third-order valence-electron chi connectivity index (χ3n) is 5.56. The van der Waals surface area contributed by atoms with Gasteiger partial charge in [0, 0.05) is 13.7 Å². The lowest BCUT2D eigenvalue weighted by atomic mass is 9.83. The lowest BCUT2D eigenvalue weighted by Gasteiger charge is -2.36. The highest BCUT2D eigenvalue weighted by molar-refractivity contribution is 5.69. The summed E-state index contributed by atoms with van der Waals surface area (Å²) in [7, 11) is 2.87.